The van der Waals surface area contributed by atoms with Gasteiger partial charge < -0.3 is 5.32 Å². The molecule has 0 saturated heterocycles. The number of amides is 1. The molecule has 0 bridgehead atoms. The van der Waals surface area contributed by atoms with Gasteiger partial charge in [-0.1, -0.05) is 48.5 Å². The van der Waals surface area contributed by atoms with E-state index in [9.17, 15) is 13.2 Å². The number of aryl methyl sites for hydroxylation is 1. The molecule has 3 rings (SSSR count). The number of nitrogens with zero attached hydrogens (tertiary/aromatic N) is 1. The van der Waals surface area contributed by atoms with Crippen molar-refractivity contribution < 1.29 is 13.2 Å². The number of hydrogen-bond donors (Lipinski definition) is 2. The molecule has 2 N–H and O–H groups in total. The van der Waals surface area contributed by atoms with Crippen LogP contribution >= 0.6 is 0 Å². The average molecular weight is 434 g/mol. The smallest absolute Gasteiger partial charge is 0.241 e. The summed E-state index contributed by atoms with van der Waals surface area (Å²) in [5.41, 5.74) is 2.79. The molecule has 158 valence electrons. The Morgan fingerprint density at radius 3 is 2.39 bits per heavy atom. The van der Waals surface area contributed by atoms with Crippen LogP contribution in [0.4, 0.5) is 5.69 Å². The molecule has 31 heavy (non-hydrogen) atoms. The van der Waals surface area contributed by atoms with Crippen LogP contribution in [0.1, 0.15) is 36.1 Å². The molecule has 0 saturated carbocycles. The Hall–Kier alpha value is -3.47. The van der Waals surface area contributed by atoms with Crippen molar-refractivity contribution in [1.82, 2.24) is 4.72 Å². The van der Waals surface area contributed by atoms with Crippen LogP contribution in [-0.2, 0) is 21.2 Å². The lowest BCUT2D eigenvalue weighted by Crippen LogP contribution is -2.26. The molecular formula is C24H23N3O3S. The number of anilines is 1. The van der Waals surface area contributed by atoms with E-state index in [1.165, 1.54) is 0 Å². The van der Waals surface area contributed by atoms with E-state index in [1.807, 2.05) is 36.4 Å². The fourth-order valence-electron chi connectivity index (χ4n) is 3.09. The first-order chi connectivity index (χ1) is 14.9. The lowest BCUT2D eigenvalue weighted by molar-refractivity contribution is -0.116. The van der Waals surface area contributed by atoms with Crippen molar-refractivity contribution >= 4 is 21.6 Å². The van der Waals surface area contributed by atoms with Crippen LogP contribution in [0, 0.1) is 11.3 Å². The zero-order valence-electron chi connectivity index (χ0n) is 17.1. The van der Waals surface area contributed by atoms with Crippen LogP contribution in [0.5, 0.6) is 0 Å². The number of carbonyl (C=O) groups is 1. The largest absolute Gasteiger partial charge is 0.326 e. The van der Waals surface area contributed by atoms with Gasteiger partial charge in [-0.2, -0.15) is 5.26 Å². The highest BCUT2D eigenvalue weighted by Crippen LogP contribution is 2.18. The van der Waals surface area contributed by atoms with E-state index in [4.69, 9.17) is 5.26 Å². The minimum atomic E-state index is -3.66. The predicted octanol–water partition coefficient (Wildman–Crippen LogP) is 4.17. The number of benzene rings is 3. The van der Waals surface area contributed by atoms with Gasteiger partial charge in [0.25, 0.3) is 0 Å². The molecule has 3 aromatic rings. The molecule has 0 aliphatic rings. The molecule has 1 amide bonds. The van der Waals surface area contributed by atoms with Gasteiger partial charge in [0.2, 0.25) is 15.9 Å². The van der Waals surface area contributed by atoms with Gasteiger partial charge in [-0.25, -0.2) is 13.1 Å². The minimum absolute atomic E-state index is 0.176. The number of carbonyl (C=O) groups excluding carboxylic acids is 1. The van der Waals surface area contributed by atoms with Gasteiger partial charge in [0, 0.05) is 18.2 Å². The maximum atomic E-state index is 12.7. The molecular weight excluding hydrogens is 410 g/mol. The lowest BCUT2D eigenvalue weighted by atomic mass is 10.1. The minimum Gasteiger partial charge on any atom is -0.326 e. The Morgan fingerprint density at radius 2 is 1.71 bits per heavy atom. The van der Waals surface area contributed by atoms with Crippen molar-refractivity contribution in [3.05, 3.63) is 95.6 Å². The zero-order chi connectivity index (χ0) is 22.3. The van der Waals surface area contributed by atoms with Crippen LogP contribution in [0.15, 0.2) is 83.8 Å². The van der Waals surface area contributed by atoms with E-state index in [2.05, 4.69) is 10.0 Å². The van der Waals surface area contributed by atoms with Crippen molar-refractivity contribution in [2.75, 3.05) is 5.32 Å². The van der Waals surface area contributed by atoms with Crippen molar-refractivity contribution in [2.45, 2.75) is 30.7 Å². The molecule has 1 atom stereocenters. The summed E-state index contributed by atoms with van der Waals surface area (Å²) in [6, 6.07) is 24.3. The van der Waals surface area contributed by atoms with Gasteiger partial charge in [-0.05, 0) is 54.8 Å². The van der Waals surface area contributed by atoms with Crippen molar-refractivity contribution in [3.63, 3.8) is 0 Å². The summed E-state index contributed by atoms with van der Waals surface area (Å²) >= 11 is 0. The number of rotatable bonds is 8. The summed E-state index contributed by atoms with van der Waals surface area (Å²) in [5.74, 6) is -0.176. The lowest BCUT2D eigenvalue weighted by Gasteiger charge is -2.15. The third-order valence-electron chi connectivity index (χ3n) is 4.78. The second kappa shape index (κ2) is 10.0. The fraction of sp³-hybridized carbons (Fsp3) is 0.167. The van der Waals surface area contributed by atoms with Gasteiger partial charge in [0.05, 0.1) is 16.5 Å². The number of sulfonamides is 1. The van der Waals surface area contributed by atoms with Gasteiger partial charge in [0.15, 0.2) is 0 Å². The quantitative estimate of drug-likeness (QED) is 0.557. The standard InChI is InChI=1S/C24H23N3O3S/c1-18(21-7-3-2-4-8-21)27-31(29,30)23-13-10-19(11-14-23)12-15-24(28)26-22-9-5-6-20(16-22)17-25/h2-11,13-14,16,18,27H,12,15H2,1H3,(H,26,28)/t18-/m0/s1. The highest BCUT2D eigenvalue weighted by atomic mass is 32.2. The summed E-state index contributed by atoms with van der Waals surface area (Å²) in [6.45, 7) is 1.80. The highest BCUT2D eigenvalue weighted by Gasteiger charge is 2.18. The maximum Gasteiger partial charge on any atom is 0.241 e. The molecule has 0 unspecified atom stereocenters. The summed E-state index contributed by atoms with van der Waals surface area (Å²) in [5, 5.41) is 11.7. The Labute approximate surface area is 182 Å². The van der Waals surface area contributed by atoms with E-state index in [1.54, 1.807) is 55.5 Å². The second-order valence-electron chi connectivity index (χ2n) is 7.14. The third kappa shape index (κ3) is 6.25. The summed E-state index contributed by atoms with van der Waals surface area (Å²) in [6.07, 6.45) is 0.712. The van der Waals surface area contributed by atoms with Crippen LogP contribution in [-0.4, -0.2) is 14.3 Å². The molecule has 0 radical (unpaired) electrons. The van der Waals surface area contributed by atoms with Gasteiger partial charge >= 0.3 is 0 Å². The Morgan fingerprint density at radius 1 is 1.00 bits per heavy atom. The Balaban J connectivity index is 1.57. The van der Waals surface area contributed by atoms with Crippen LogP contribution in [0.25, 0.3) is 0 Å². The van der Waals surface area contributed by atoms with E-state index in [-0.39, 0.29) is 23.3 Å². The Bertz CT molecular complexity index is 1180. The normalized spacial score (nSPS) is 12.0. The van der Waals surface area contributed by atoms with Crippen molar-refractivity contribution in [2.24, 2.45) is 0 Å². The fourth-order valence-corrected chi connectivity index (χ4v) is 4.33. The SMILES string of the molecule is C[C@H](NS(=O)(=O)c1ccc(CCC(=O)Nc2cccc(C#N)c2)cc1)c1ccccc1. The summed E-state index contributed by atoms with van der Waals surface area (Å²) < 4.78 is 28.0. The van der Waals surface area contributed by atoms with E-state index >= 15 is 0 Å². The molecule has 7 heteroatoms. The first-order valence-corrected chi connectivity index (χ1v) is 11.3. The van der Waals surface area contributed by atoms with Crippen molar-refractivity contribution in [3.8, 4) is 6.07 Å². The highest BCUT2D eigenvalue weighted by molar-refractivity contribution is 7.89. The Kier molecular flexibility index (Phi) is 7.19. The van der Waals surface area contributed by atoms with Crippen LogP contribution in [0.3, 0.4) is 0 Å². The van der Waals surface area contributed by atoms with E-state index in [0.717, 1.165) is 11.1 Å². The first kappa shape index (κ1) is 22.2. The molecule has 6 nitrogen and oxygen atoms in total. The average Bonchev–Trinajstić information content (AvgIpc) is 2.78. The summed E-state index contributed by atoms with van der Waals surface area (Å²) in [7, 11) is -3.66. The van der Waals surface area contributed by atoms with Crippen molar-refractivity contribution in [1.29, 1.82) is 5.26 Å². The van der Waals surface area contributed by atoms with E-state index < -0.39 is 10.0 Å². The molecule has 0 heterocycles. The number of nitriles is 1. The van der Waals surface area contributed by atoms with Gasteiger partial charge in [-0.15, -0.1) is 0 Å². The zero-order valence-corrected chi connectivity index (χ0v) is 17.9. The van der Waals surface area contributed by atoms with Gasteiger partial charge in [0.1, 0.15) is 0 Å². The number of nitrogens with one attached hydrogen (secondary N) is 2. The maximum absolute atomic E-state index is 12.7. The van der Waals surface area contributed by atoms with E-state index in [0.29, 0.717) is 17.7 Å². The van der Waals surface area contributed by atoms with Gasteiger partial charge in [-0.3, -0.25) is 4.79 Å². The third-order valence-corrected chi connectivity index (χ3v) is 6.34. The second-order valence-corrected chi connectivity index (χ2v) is 8.85. The summed E-state index contributed by atoms with van der Waals surface area (Å²) in [4.78, 5) is 12.3. The molecule has 3 aromatic carbocycles. The molecule has 0 spiro atoms. The first-order valence-electron chi connectivity index (χ1n) is 9.83. The topological polar surface area (TPSA) is 99.1 Å². The molecule has 0 aliphatic heterocycles. The number of hydrogen-bond acceptors (Lipinski definition) is 4. The monoisotopic (exact) mass is 433 g/mol. The molecule has 0 fully saturated rings. The van der Waals surface area contributed by atoms with Crippen LogP contribution in [0.2, 0.25) is 0 Å². The van der Waals surface area contributed by atoms with Crippen LogP contribution < -0.4 is 10.0 Å². The molecule has 0 aliphatic carbocycles. The predicted molar refractivity (Wildman–Crippen MR) is 120 cm³/mol. The molecule has 0 aromatic heterocycles.